The number of carbonyl (C=O) groups excluding carboxylic acids is 2. The normalized spacial score (nSPS) is 12.8. The van der Waals surface area contributed by atoms with Crippen LogP contribution in [-0.4, -0.2) is 47.4 Å². The second-order valence-corrected chi connectivity index (χ2v) is 21.4. The predicted molar refractivity (Wildman–Crippen MR) is 306 cm³/mol. The Morgan fingerprint density at radius 2 is 0.671 bits per heavy atom. The Labute approximate surface area is 436 Å². The summed E-state index contributed by atoms with van der Waals surface area (Å²) in [6.07, 6.45) is 74.6. The van der Waals surface area contributed by atoms with Gasteiger partial charge in [0.25, 0.3) is 0 Å². The number of aliphatic hydroxyl groups is 2. The first kappa shape index (κ1) is 68.1. The Morgan fingerprint density at radius 1 is 0.386 bits per heavy atom. The van der Waals surface area contributed by atoms with Gasteiger partial charge in [-0.2, -0.15) is 0 Å². The average molecular weight is 985 g/mol. The fourth-order valence-corrected chi connectivity index (χ4v) is 9.57. The van der Waals surface area contributed by atoms with Gasteiger partial charge < -0.3 is 20.3 Å². The summed E-state index contributed by atoms with van der Waals surface area (Å²) in [6, 6.07) is -0.650. The first-order valence-corrected chi connectivity index (χ1v) is 31.3. The van der Waals surface area contributed by atoms with E-state index in [4.69, 9.17) is 4.74 Å². The molecule has 0 saturated carbocycles. The summed E-state index contributed by atoms with van der Waals surface area (Å²) in [5.74, 6) is -0.110. The molecule has 0 aliphatic heterocycles. The lowest BCUT2D eigenvalue weighted by molar-refractivity contribution is -0.143. The average Bonchev–Trinajstić information content (AvgIpc) is 3.36. The number of carbonyl (C=O) groups is 2. The molecule has 0 aromatic heterocycles. The van der Waals surface area contributed by atoms with Crippen LogP contribution < -0.4 is 5.32 Å². The van der Waals surface area contributed by atoms with Crippen molar-refractivity contribution < 1.29 is 24.5 Å². The van der Waals surface area contributed by atoms with Gasteiger partial charge >= 0.3 is 5.97 Å². The maximum Gasteiger partial charge on any atom is 0.305 e. The second kappa shape index (κ2) is 59.6. The molecule has 70 heavy (non-hydrogen) atoms. The van der Waals surface area contributed by atoms with Crippen LogP contribution in [0.4, 0.5) is 0 Å². The maximum absolute atomic E-state index is 12.5. The maximum atomic E-state index is 12.5. The van der Waals surface area contributed by atoms with Crippen molar-refractivity contribution in [3.8, 4) is 0 Å². The summed E-state index contributed by atoms with van der Waals surface area (Å²) >= 11 is 0. The fraction of sp³-hybridized carbons (Fsp3) is 0.875. The topological polar surface area (TPSA) is 95.9 Å². The first-order valence-electron chi connectivity index (χ1n) is 31.3. The van der Waals surface area contributed by atoms with Gasteiger partial charge in [0.15, 0.2) is 0 Å². The van der Waals surface area contributed by atoms with Crippen molar-refractivity contribution in [1.82, 2.24) is 5.32 Å². The summed E-state index contributed by atoms with van der Waals surface area (Å²) < 4.78 is 5.48. The van der Waals surface area contributed by atoms with Crippen molar-refractivity contribution in [1.29, 1.82) is 0 Å². The van der Waals surface area contributed by atoms with Crippen LogP contribution in [-0.2, 0) is 14.3 Å². The van der Waals surface area contributed by atoms with Gasteiger partial charge in [-0.15, -0.1) is 0 Å². The highest BCUT2D eigenvalue weighted by Gasteiger charge is 2.18. The van der Waals surface area contributed by atoms with Gasteiger partial charge in [-0.3, -0.25) is 9.59 Å². The molecule has 0 heterocycles. The molecule has 0 fully saturated rings. The summed E-state index contributed by atoms with van der Waals surface area (Å²) in [5.41, 5.74) is 0. The summed E-state index contributed by atoms with van der Waals surface area (Å²) in [6.45, 7) is 4.88. The smallest absolute Gasteiger partial charge is 0.305 e. The highest BCUT2D eigenvalue weighted by Crippen LogP contribution is 2.17. The zero-order chi connectivity index (χ0) is 50.7. The van der Waals surface area contributed by atoms with E-state index in [1.807, 2.05) is 6.08 Å². The molecule has 6 heteroatoms. The number of aliphatic hydroxyl groups excluding tert-OH is 2. The Bertz CT molecular complexity index is 1130. The van der Waals surface area contributed by atoms with E-state index in [9.17, 15) is 19.8 Å². The molecule has 2 unspecified atom stereocenters. The second-order valence-electron chi connectivity index (χ2n) is 21.4. The number of nitrogens with one attached hydrogen (secondary N) is 1. The van der Waals surface area contributed by atoms with Crippen molar-refractivity contribution in [2.24, 2.45) is 0 Å². The Hall–Kier alpha value is -1.92. The minimum atomic E-state index is -0.863. The van der Waals surface area contributed by atoms with Crippen LogP contribution >= 0.6 is 0 Å². The number of rotatable bonds is 58. The van der Waals surface area contributed by atoms with E-state index in [0.29, 0.717) is 19.4 Å². The van der Waals surface area contributed by atoms with Crippen LogP contribution in [0.2, 0.25) is 0 Å². The van der Waals surface area contributed by atoms with Crippen molar-refractivity contribution in [3.63, 3.8) is 0 Å². The van der Waals surface area contributed by atoms with Gasteiger partial charge in [0.05, 0.1) is 25.4 Å². The van der Waals surface area contributed by atoms with E-state index < -0.39 is 12.1 Å². The van der Waals surface area contributed by atoms with Crippen LogP contribution in [0.5, 0.6) is 0 Å². The third-order valence-corrected chi connectivity index (χ3v) is 14.4. The standard InChI is InChI=1S/C64H121NO5/c1-3-5-7-9-11-13-15-17-19-21-23-24-26-27-29-32-36-40-44-48-52-56-62(67)61(60-66)65-63(68)57-53-49-45-41-37-33-31-35-39-43-47-51-55-59-70-64(69)58-54-50-46-42-38-34-30-28-25-22-20-18-16-14-12-10-8-6-4-2/h18,20,33,37,52,56,61-62,66-67H,3-17,19,21-32,34-36,38-51,53-55,57-60H2,1-2H3,(H,65,68)/b20-18-,37-33-,56-52+. The van der Waals surface area contributed by atoms with Gasteiger partial charge in [0, 0.05) is 12.8 Å². The molecule has 0 aromatic carbocycles. The van der Waals surface area contributed by atoms with Gasteiger partial charge in [-0.05, 0) is 83.5 Å². The molecule has 0 bridgehead atoms. The lowest BCUT2D eigenvalue weighted by atomic mass is 10.0. The third-order valence-electron chi connectivity index (χ3n) is 14.4. The molecule has 3 N–H and O–H groups in total. The Balaban J connectivity index is 3.50. The fourth-order valence-electron chi connectivity index (χ4n) is 9.57. The molecule has 0 aliphatic carbocycles. The predicted octanol–water partition coefficient (Wildman–Crippen LogP) is 19.6. The van der Waals surface area contributed by atoms with Gasteiger partial charge in [0.2, 0.25) is 5.91 Å². The van der Waals surface area contributed by atoms with E-state index in [0.717, 1.165) is 70.6 Å². The third kappa shape index (κ3) is 55.4. The summed E-state index contributed by atoms with van der Waals surface area (Å²) in [7, 11) is 0. The molecular weight excluding hydrogens is 863 g/mol. The summed E-state index contributed by atoms with van der Waals surface area (Å²) in [5, 5.41) is 23.2. The zero-order valence-corrected chi connectivity index (χ0v) is 47.0. The highest BCUT2D eigenvalue weighted by molar-refractivity contribution is 5.76. The van der Waals surface area contributed by atoms with Crippen LogP contribution in [0.3, 0.4) is 0 Å². The van der Waals surface area contributed by atoms with Gasteiger partial charge in [0.1, 0.15) is 0 Å². The molecule has 1 amide bonds. The molecule has 0 saturated heterocycles. The van der Waals surface area contributed by atoms with E-state index >= 15 is 0 Å². The molecular formula is C64H121NO5. The minimum absolute atomic E-state index is 0.0140. The SMILES string of the molecule is CCCCCCCC/C=C\CCCCCCCCCCCC(=O)OCCCCCCCC/C=C\CCCCCC(=O)NC(CO)C(O)/C=C/CCCCCCCCCCCCCCCCCCCCC. The molecule has 0 aromatic rings. The molecule has 0 rings (SSSR count). The molecule has 0 spiro atoms. The van der Waals surface area contributed by atoms with E-state index in [1.54, 1.807) is 6.08 Å². The molecule has 0 aliphatic rings. The molecule has 412 valence electrons. The lowest BCUT2D eigenvalue weighted by Crippen LogP contribution is -2.45. The van der Waals surface area contributed by atoms with Crippen molar-refractivity contribution >= 4 is 11.9 Å². The number of allylic oxidation sites excluding steroid dienone is 5. The Kier molecular flexibility index (Phi) is 58.0. The largest absolute Gasteiger partial charge is 0.466 e. The lowest BCUT2D eigenvalue weighted by Gasteiger charge is -2.19. The monoisotopic (exact) mass is 984 g/mol. The summed E-state index contributed by atoms with van der Waals surface area (Å²) in [4.78, 5) is 24.6. The number of ether oxygens (including phenoxy) is 1. The number of unbranched alkanes of at least 4 members (excludes halogenated alkanes) is 43. The van der Waals surface area contributed by atoms with Gasteiger partial charge in [-0.25, -0.2) is 0 Å². The van der Waals surface area contributed by atoms with Crippen LogP contribution in [0, 0.1) is 0 Å². The number of esters is 1. The van der Waals surface area contributed by atoms with Crippen LogP contribution in [0.25, 0.3) is 0 Å². The molecule has 2 atom stereocenters. The van der Waals surface area contributed by atoms with Gasteiger partial charge in [-0.1, -0.05) is 275 Å². The van der Waals surface area contributed by atoms with Crippen molar-refractivity contribution in [2.75, 3.05) is 13.2 Å². The molecule has 6 nitrogen and oxygen atoms in total. The van der Waals surface area contributed by atoms with Crippen molar-refractivity contribution in [3.05, 3.63) is 36.5 Å². The number of hydrogen-bond donors (Lipinski definition) is 3. The van der Waals surface area contributed by atoms with Crippen LogP contribution in [0.1, 0.15) is 335 Å². The first-order chi connectivity index (χ1) is 34.5. The minimum Gasteiger partial charge on any atom is -0.466 e. The van der Waals surface area contributed by atoms with E-state index in [-0.39, 0.29) is 18.5 Å². The zero-order valence-electron chi connectivity index (χ0n) is 47.0. The van der Waals surface area contributed by atoms with Crippen molar-refractivity contribution in [2.45, 2.75) is 347 Å². The highest BCUT2D eigenvalue weighted by atomic mass is 16.5. The quantitative estimate of drug-likeness (QED) is 0.0321. The Morgan fingerprint density at radius 3 is 1.03 bits per heavy atom. The number of hydrogen-bond acceptors (Lipinski definition) is 5. The number of amides is 1. The molecule has 0 radical (unpaired) electrons. The van der Waals surface area contributed by atoms with Crippen LogP contribution in [0.15, 0.2) is 36.5 Å². The van der Waals surface area contributed by atoms with E-state index in [2.05, 4.69) is 43.5 Å². The van der Waals surface area contributed by atoms with E-state index in [1.165, 1.54) is 238 Å².